The predicted octanol–water partition coefficient (Wildman–Crippen LogP) is 1.09. The molecule has 0 atom stereocenters. The van der Waals surface area contributed by atoms with Gasteiger partial charge < -0.3 is 9.42 Å². The molecule has 115 valence electrons. The van der Waals surface area contributed by atoms with Crippen molar-refractivity contribution in [3.63, 3.8) is 0 Å². The number of carbonyl (C=O) groups excluding carboxylic acids is 1. The number of nitrogens with zero attached hydrogens (tertiary/aromatic N) is 5. The highest BCUT2D eigenvalue weighted by atomic mass is 16.5. The Morgan fingerprint density at radius 2 is 2.09 bits per heavy atom. The van der Waals surface area contributed by atoms with Gasteiger partial charge in [-0.15, -0.1) is 0 Å². The van der Waals surface area contributed by atoms with Gasteiger partial charge in [-0.25, -0.2) is 0 Å². The highest BCUT2D eigenvalue weighted by Crippen LogP contribution is 2.18. The van der Waals surface area contributed by atoms with Crippen molar-refractivity contribution in [1.82, 2.24) is 24.9 Å². The predicted molar refractivity (Wildman–Crippen MR) is 79.3 cm³/mol. The van der Waals surface area contributed by atoms with E-state index in [-0.39, 0.29) is 0 Å². The second kappa shape index (κ2) is 6.65. The Labute approximate surface area is 128 Å². The van der Waals surface area contributed by atoms with E-state index >= 15 is 0 Å². The van der Waals surface area contributed by atoms with Gasteiger partial charge in [0.25, 0.3) is 0 Å². The fourth-order valence-electron chi connectivity index (χ4n) is 2.68. The van der Waals surface area contributed by atoms with E-state index in [4.69, 9.17) is 4.52 Å². The number of aromatic nitrogens is 3. The number of pyridine rings is 1. The van der Waals surface area contributed by atoms with Gasteiger partial charge in [0.1, 0.15) is 0 Å². The average Bonchev–Trinajstić information content (AvgIpc) is 3.04. The Balaban J connectivity index is 1.59. The van der Waals surface area contributed by atoms with Gasteiger partial charge >= 0.3 is 6.41 Å². The maximum absolute atomic E-state index is 10.6. The molecule has 3 heterocycles. The lowest BCUT2D eigenvalue weighted by atomic mass is 10.0. The molecule has 0 aliphatic carbocycles. The van der Waals surface area contributed by atoms with Crippen molar-refractivity contribution in [3.05, 3.63) is 30.4 Å². The van der Waals surface area contributed by atoms with Crippen LogP contribution in [-0.4, -0.2) is 57.5 Å². The van der Waals surface area contributed by atoms with Crippen LogP contribution in [0, 0.1) is 0 Å². The van der Waals surface area contributed by atoms with Crippen molar-refractivity contribution in [2.45, 2.75) is 25.4 Å². The van der Waals surface area contributed by atoms with Gasteiger partial charge in [0.15, 0.2) is 0 Å². The first kappa shape index (κ1) is 14.6. The monoisotopic (exact) mass is 300 g/mol. The van der Waals surface area contributed by atoms with Crippen LogP contribution < -0.4 is 0 Å². The van der Waals surface area contributed by atoms with Crippen molar-refractivity contribution < 1.29 is 9.32 Å². The zero-order valence-corrected chi connectivity index (χ0v) is 12.5. The molecule has 3 rings (SSSR count). The van der Waals surface area contributed by atoms with Crippen LogP contribution >= 0.6 is 0 Å². The summed E-state index contributed by atoms with van der Waals surface area (Å²) in [5.41, 5.74) is 0.891. The molecule has 1 saturated heterocycles. The van der Waals surface area contributed by atoms with E-state index in [2.05, 4.69) is 20.0 Å². The minimum Gasteiger partial charge on any atom is -0.338 e. The van der Waals surface area contributed by atoms with Crippen molar-refractivity contribution >= 4 is 6.41 Å². The Hall–Kier alpha value is -2.28. The Morgan fingerprint density at radius 1 is 1.36 bits per heavy atom. The van der Waals surface area contributed by atoms with Gasteiger partial charge in [-0.1, -0.05) is 5.16 Å². The number of likely N-dealkylation sites (tertiary alicyclic amines) is 1. The summed E-state index contributed by atoms with van der Waals surface area (Å²) < 4.78 is 5.33. The molecule has 0 N–H and O–H groups in total. The molecule has 1 radical (unpaired) electrons. The fraction of sp³-hybridized carbons (Fsp3) is 0.467. The van der Waals surface area contributed by atoms with Crippen LogP contribution in [0.3, 0.4) is 0 Å². The van der Waals surface area contributed by atoms with E-state index in [1.165, 1.54) is 0 Å². The molecule has 7 nitrogen and oxygen atoms in total. The van der Waals surface area contributed by atoms with Gasteiger partial charge in [-0.3, -0.25) is 14.7 Å². The van der Waals surface area contributed by atoms with Gasteiger partial charge in [0.05, 0.1) is 6.54 Å². The van der Waals surface area contributed by atoms with Gasteiger partial charge in [0, 0.05) is 37.1 Å². The zero-order chi connectivity index (χ0) is 15.4. The van der Waals surface area contributed by atoms with E-state index in [1.54, 1.807) is 17.3 Å². The quantitative estimate of drug-likeness (QED) is 0.823. The molecule has 1 fully saturated rings. The lowest BCUT2D eigenvalue weighted by Gasteiger charge is -2.34. The van der Waals surface area contributed by atoms with Crippen LogP contribution in [0.15, 0.2) is 29.0 Å². The van der Waals surface area contributed by atoms with Crippen molar-refractivity contribution in [1.29, 1.82) is 0 Å². The third-order valence-corrected chi connectivity index (χ3v) is 4.01. The molecule has 0 spiro atoms. The number of amides is 1. The molecule has 1 amide bonds. The summed E-state index contributed by atoms with van der Waals surface area (Å²) >= 11 is 0. The lowest BCUT2D eigenvalue weighted by Crippen LogP contribution is -2.42. The minimum absolute atomic E-state index is 0.417. The molecule has 1 aliphatic rings. The molecule has 1 aliphatic heterocycles. The van der Waals surface area contributed by atoms with Crippen LogP contribution in [0.1, 0.15) is 18.7 Å². The van der Waals surface area contributed by atoms with Crippen molar-refractivity contribution in [2.24, 2.45) is 0 Å². The van der Waals surface area contributed by atoms with E-state index in [0.29, 0.717) is 24.3 Å². The molecule has 0 aromatic carbocycles. The largest absolute Gasteiger partial charge is 0.338 e. The Morgan fingerprint density at radius 3 is 2.77 bits per heavy atom. The normalized spacial score (nSPS) is 16.2. The molecule has 7 heteroatoms. The molecule has 2 aromatic rings. The number of piperidine rings is 1. The topological polar surface area (TPSA) is 75.4 Å². The number of hydrogen-bond acceptors (Lipinski definition) is 6. The summed E-state index contributed by atoms with van der Waals surface area (Å²) in [6, 6.07) is 4.12. The van der Waals surface area contributed by atoms with E-state index in [0.717, 1.165) is 31.5 Å². The molecular formula is C15H18N5O2. The van der Waals surface area contributed by atoms with E-state index < -0.39 is 0 Å². The number of rotatable bonds is 5. The summed E-state index contributed by atoms with van der Waals surface area (Å²) in [4.78, 5) is 22.9. The second-order valence-corrected chi connectivity index (χ2v) is 5.47. The molecule has 0 unspecified atom stereocenters. The van der Waals surface area contributed by atoms with Crippen LogP contribution in [0.4, 0.5) is 0 Å². The van der Waals surface area contributed by atoms with Crippen LogP contribution in [0.5, 0.6) is 0 Å². The van der Waals surface area contributed by atoms with E-state index in [9.17, 15) is 4.79 Å². The highest BCUT2D eigenvalue weighted by Gasteiger charge is 2.23. The first-order valence-corrected chi connectivity index (χ1v) is 7.32. The molecule has 0 saturated carbocycles. The van der Waals surface area contributed by atoms with Gasteiger partial charge in [-0.05, 0) is 32.0 Å². The molecule has 0 bridgehead atoms. The van der Waals surface area contributed by atoms with E-state index in [1.807, 2.05) is 25.6 Å². The molecule has 22 heavy (non-hydrogen) atoms. The SMILES string of the molecule is CN(Cc1nc(-c2ccncc2)no1)C1CCN([C]=O)CC1. The van der Waals surface area contributed by atoms with Gasteiger partial charge in [0.2, 0.25) is 11.7 Å². The fourth-order valence-corrected chi connectivity index (χ4v) is 2.68. The first-order chi connectivity index (χ1) is 10.8. The van der Waals surface area contributed by atoms with Crippen molar-refractivity contribution in [3.8, 4) is 11.4 Å². The van der Waals surface area contributed by atoms with Crippen LogP contribution in [0.2, 0.25) is 0 Å². The number of hydrogen-bond donors (Lipinski definition) is 0. The highest BCUT2D eigenvalue weighted by molar-refractivity contribution is 5.52. The van der Waals surface area contributed by atoms with Crippen LogP contribution in [0.25, 0.3) is 11.4 Å². The maximum atomic E-state index is 10.6. The average molecular weight is 300 g/mol. The summed E-state index contributed by atoms with van der Waals surface area (Å²) in [6.07, 6.45) is 7.24. The first-order valence-electron chi connectivity index (χ1n) is 7.32. The zero-order valence-electron chi connectivity index (χ0n) is 12.5. The third kappa shape index (κ3) is 3.30. The summed E-state index contributed by atoms with van der Waals surface area (Å²) in [5.74, 6) is 1.18. The summed E-state index contributed by atoms with van der Waals surface area (Å²) in [6.45, 7) is 2.11. The second-order valence-electron chi connectivity index (χ2n) is 5.47. The summed E-state index contributed by atoms with van der Waals surface area (Å²) in [7, 11) is 2.04. The van der Waals surface area contributed by atoms with Crippen LogP contribution in [-0.2, 0) is 11.3 Å². The van der Waals surface area contributed by atoms with Crippen molar-refractivity contribution in [2.75, 3.05) is 20.1 Å². The van der Waals surface area contributed by atoms with Gasteiger partial charge in [-0.2, -0.15) is 4.98 Å². The standard InChI is InChI=1S/C15H18N5O2/c1-19(13-4-8-20(11-21)9-5-13)10-14-17-15(18-22-14)12-2-6-16-7-3-12/h2-3,6-7,13H,4-5,8-10H2,1H3. The lowest BCUT2D eigenvalue weighted by molar-refractivity contribution is 0.142. The summed E-state index contributed by atoms with van der Waals surface area (Å²) in [5, 5.41) is 4.01. The maximum Gasteiger partial charge on any atom is 0.312 e. The molecular weight excluding hydrogens is 282 g/mol. The Bertz CT molecular complexity index is 607. The third-order valence-electron chi connectivity index (χ3n) is 4.01. The Kier molecular flexibility index (Phi) is 4.43. The smallest absolute Gasteiger partial charge is 0.312 e. The minimum atomic E-state index is 0.417. The molecule has 2 aromatic heterocycles.